The monoisotopic (exact) mass is 196 g/mol. The van der Waals surface area contributed by atoms with Gasteiger partial charge in [-0.3, -0.25) is 0 Å². The first-order chi connectivity index (χ1) is 6.75. The fraction of sp³-hybridized carbons (Fsp3) is 0.750. The van der Waals surface area contributed by atoms with Gasteiger partial charge in [-0.05, 0) is 38.5 Å². The van der Waals surface area contributed by atoms with E-state index in [4.69, 9.17) is 5.11 Å². The van der Waals surface area contributed by atoms with Crippen molar-refractivity contribution in [2.24, 2.45) is 0 Å². The summed E-state index contributed by atoms with van der Waals surface area (Å²) in [6.07, 6.45) is 8.51. The van der Waals surface area contributed by atoms with Gasteiger partial charge < -0.3 is 5.11 Å². The Bertz CT molecular complexity index is 220. The van der Waals surface area contributed by atoms with Crippen LogP contribution in [0.3, 0.4) is 0 Å². The van der Waals surface area contributed by atoms with E-state index in [1.165, 1.54) is 24.8 Å². The van der Waals surface area contributed by atoms with Gasteiger partial charge in [-0.1, -0.05) is 25.3 Å². The molecule has 1 saturated carbocycles. The summed E-state index contributed by atoms with van der Waals surface area (Å²) in [6.45, 7) is 2.10. The van der Waals surface area contributed by atoms with E-state index < -0.39 is 5.97 Å². The summed E-state index contributed by atoms with van der Waals surface area (Å²) in [6, 6.07) is 0. The highest BCUT2D eigenvalue weighted by atomic mass is 16.4. The number of rotatable bonds is 4. The third-order valence-corrected chi connectivity index (χ3v) is 2.92. The number of hydrogen-bond acceptors (Lipinski definition) is 1. The molecule has 0 amide bonds. The summed E-state index contributed by atoms with van der Waals surface area (Å²) in [5, 5.41) is 9.09. The van der Waals surface area contributed by atoms with Crippen LogP contribution < -0.4 is 0 Å². The van der Waals surface area contributed by atoms with Gasteiger partial charge in [-0.25, -0.2) is 4.79 Å². The second kappa shape index (κ2) is 5.84. The summed E-state index contributed by atoms with van der Waals surface area (Å²) in [7, 11) is 0. The highest BCUT2D eigenvalue weighted by Crippen LogP contribution is 2.27. The van der Waals surface area contributed by atoms with E-state index in [1.807, 2.05) is 0 Å². The first kappa shape index (κ1) is 11.3. The minimum Gasteiger partial charge on any atom is -0.478 e. The molecule has 14 heavy (non-hydrogen) atoms. The van der Waals surface area contributed by atoms with Gasteiger partial charge in [0.15, 0.2) is 0 Å². The van der Waals surface area contributed by atoms with Crippen LogP contribution in [0.1, 0.15) is 58.3 Å². The summed E-state index contributed by atoms with van der Waals surface area (Å²) in [5.41, 5.74) is 1.93. The number of allylic oxidation sites excluding steroid dienone is 1. The van der Waals surface area contributed by atoms with Crippen LogP contribution in [0.2, 0.25) is 0 Å². The van der Waals surface area contributed by atoms with Crippen molar-refractivity contribution >= 4 is 5.97 Å². The second-order valence-corrected chi connectivity index (χ2v) is 4.05. The average Bonchev–Trinajstić information content (AvgIpc) is 2.19. The van der Waals surface area contributed by atoms with Crippen LogP contribution in [-0.2, 0) is 4.79 Å². The van der Waals surface area contributed by atoms with Gasteiger partial charge in [0.2, 0.25) is 0 Å². The third kappa shape index (κ3) is 3.17. The van der Waals surface area contributed by atoms with E-state index in [0.29, 0.717) is 5.57 Å². The Morgan fingerprint density at radius 1 is 1.29 bits per heavy atom. The van der Waals surface area contributed by atoms with E-state index in [1.54, 1.807) is 0 Å². The molecule has 0 atom stereocenters. The quantitative estimate of drug-likeness (QED) is 0.698. The minimum absolute atomic E-state index is 0.685. The number of carbonyl (C=O) groups is 1. The molecule has 1 fully saturated rings. The van der Waals surface area contributed by atoms with Gasteiger partial charge in [0.25, 0.3) is 0 Å². The molecular formula is C12H20O2. The van der Waals surface area contributed by atoms with Crippen molar-refractivity contribution in [3.05, 3.63) is 11.1 Å². The Labute approximate surface area is 86.0 Å². The zero-order valence-corrected chi connectivity index (χ0v) is 9.01. The molecular weight excluding hydrogens is 176 g/mol. The average molecular weight is 196 g/mol. The molecule has 0 aliphatic heterocycles. The molecule has 0 heterocycles. The molecule has 0 saturated heterocycles. The SMILES string of the molecule is CCCCC(C(=O)O)=C1CCCCC1. The molecule has 0 unspecified atom stereocenters. The van der Waals surface area contributed by atoms with Crippen LogP contribution in [0.4, 0.5) is 0 Å². The molecule has 2 nitrogen and oxygen atoms in total. The first-order valence-electron chi connectivity index (χ1n) is 5.70. The van der Waals surface area contributed by atoms with E-state index in [0.717, 1.165) is 32.1 Å². The third-order valence-electron chi connectivity index (χ3n) is 2.92. The standard InChI is InChI=1S/C12H20O2/c1-2-3-9-11(12(13)14)10-7-5-4-6-8-10/h2-9H2,1H3,(H,13,14). The summed E-state index contributed by atoms with van der Waals surface area (Å²) in [5.74, 6) is -0.685. The number of carboxylic acid groups (broad SMARTS) is 1. The summed E-state index contributed by atoms with van der Waals surface area (Å²) >= 11 is 0. The number of aliphatic carboxylic acids is 1. The van der Waals surface area contributed by atoms with Crippen molar-refractivity contribution in [2.45, 2.75) is 58.3 Å². The predicted octanol–water partition coefficient (Wildman–Crippen LogP) is 3.52. The fourth-order valence-corrected chi connectivity index (χ4v) is 2.07. The van der Waals surface area contributed by atoms with Crippen LogP contribution in [0.5, 0.6) is 0 Å². The van der Waals surface area contributed by atoms with Crippen LogP contribution in [0.25, 0.3) is 0 Å². The Morgan fingerprint density at radius 3 is 2.43 bits per heavy atom. The maximum Gasteiger partial charge on any atom is 0.331 e. The number of unbranched alkanes of at least 4 members (excludes halogenated alkanes) is 1. The largest absolute Gasteiger partial charge is 0.478 e. The zero-order valence-electron chi connectivity index (χ0n) is 9.01. The van der Waals surface area contributed by atoms with Gasteiger partial charge in [-0.2, -0.15) is 0 Å². The molecule has 1 aliphatic rings. The van der Waals surface area contributed by atoms with Crippen LogP contribution in [-0.4, -0.2) is 11.1 Å². The Kier molecular flexibility index (Phi) is 4.71. The topological polar surface area (TPSA) is 37.3 Å². The first-order valence-corrected chi connectivity index (χ1v) is 5.70. The van der Waals surface area contributed by atoms with E-state index in [9.17, 15) is 4.79 Å². The van der Waals surface area contributed by atoms with Gasteiger partial charge in [-0.15, -0.1) is 0 Å². The molecule has 2 heteroatoms. The van der Waals surface area contributed by atoms with Crippen LogP contribution in [0.15, 0.2) is 11.1 Å². The van der Waals surface area contributed by atoms with Crippen LogP contribution >= 0.6 is 0 Å². The zero-order chi connectivity index (χ0) is 10.4. The Morgan fingerprint density at radius 2 is 1.93 bits per heavy atom. The molecule has 0 radical (unpaired) electrons. The molecule has 1 N–H and O–H groups in total. The van der Waals surface area contributed by atoms with Gasteiger partial charge in [0.05, 0.1) is 0 Å². The second-order valence-electron chi connectivity index (χ2n) is 4.05. The minimum atomic E-state index is -0.685. The maximum absolute atomic E-state index is 11.0. The predicted molar refractivity (Wildman–Crippen MR) is 57.3 cm³/mol. The Hall–Kier alpha value is -0.790. The summed E-state index contributed by atoms with van der Waals surface area (Å²) in [4.78, 5) is 11.0. The van der Waals surface area contributed by atoms with Crippen molar-refractivity contribution in [2.75, 3.05) is 0 Å². The molecule has 0 aromatic rings. The molecule has 1 rings (SSSR count). The van der Waals surface area contributed by atoms with Crippen molar-refractivity contribution in [3.8, 4) is 0 Å². The normalized spacial score (nSPS) is 16.8. The molecule has 0 aromatic carbocycles. The fourth-order valence-electron chi connectivity index (χ4n) is 2.07. The molecule has 1 aliphatic carbocycles. The van der Waals surface area contributed by atoms with E-state index >= 15 is 0 Å². The van der Waals surface area contributed by atoms with Gasteiger partial charge in [0, 0.05) is 5.57 Å². The van der Waals surface area contributed by atoms with Crippen LogP contribution in [0, 0.1) is 0 Å². The molecule has 0 aromatic heterocycles. The van der Waals surface area contributed by atoms with Crippen molar-refractivity contribution in [1.29, 1.82) is 0 Å². The smallest absolute Gasteiger partial charge is 0.331 e. The molecule has 0 bridgehead atoms. The number of hydrogen-bond donors (Lipinski definition) is 1. The lowest BCUT2D eigenvalue weighted by molar-refractivity contribution is -0.132. The Balaban J connectivity index is 2.66. The maximum atomic E-state index is 11.0. The lowest BCUT2D eigenvalue weighted by Gasteiger charge is -2.16. The van der Waals surface area contributed by atoms with E-state index in [2.05, 4.69) is 6.92 Å². The van der Waals surface area contributed by atoms with Gasteiger partial charge >= 0.3 is 5.97 Å². The van der Waals surface area contributed by atoms with Crippen molar-refractivity contribution < 1.29 is 9.90 Å². The highest BCUT2D eigenvalue weighted by Gasteiger charge is 2.15. The molecule has 0 spiro atoms. The number of carboxylic acids is 1. The molecule has 80 valence electrons. The van der Waals surface area contributed by atoms with E-state index in [-0.39, 0.29) is 0 Å². The lowest BCUT2D eigenvalue weighted by atomic mass is 9.89. The van der Waals surface area contributed by atoms with Crippen molar-refractivity contribution in [1.82, 2.24) is 0 Å². The lowest BCUT2D eigenvalue weighted by Crippen LogP contribution is -2.07. The highest BCUT2D eigenvalue weighted by molar-refractivity contribution is 5.87. The van der Waals surface area contributed by atoms with Crippen molar-refractivity contribution in [3.63, 3.8) is 0 Å². The summed E-state index contributed by atoms with van der Waals surface area (Å²) < 4.78 is 0. The van der Waals surface area contributed by atoms with Gasteiger partial charge in [0.1, 0.15) is 0 Å².